The second kappa shape index (κ2) is 5.53. The molecule has 0 aliphatic heterocycles. The fraction of sp³-hybridized carbons (Fsp3) is 0.133. The maximum absolute atomic E-state index is 6.05. The molecule has 2 aromatic heterocycles. The summed E-state index contributed by atoms with van der Waals surface area (Å²) >= 11 is 6.05. The number of fused-ring (bicyclic) bond motifs is 1. The summed E-state index contributed by atoms with van der Waals surface area (Å²) in [6.45, 7) is 0.389. The highest BCUT2D eigenvalue weighted by atomic mass is 35.5. The van der Waals surface area contributed by atoms with Gasteiger partial charge in [-0.1, -0.05) is 35.9 Å². The van der Waals surface area contributed by atoms with Gasteiger partial charge >= 0.3 is 0 Å². The lowest BCUT2D eigenvalue weighted by molar-refractivity contribution is 0.181. The second-order valence-electron chi connectivity index (χ2n) is 4.32. The molecule has 0 N–H and O–H groups in total. The summed E-state index contributed by atoms with van der Waals surface area (Å²) in [6.07, 6.45) is 1.75. The fourth-order valence-corrected chi connectivity index (χ4v) is 2.30. The Kier molecular flexibility index (Phi) is 3.58. The van der Waals surface area contributed by atoms with Crippen LogP contribution in [-0.4, -0.2) is 22.1 Å². The van der Waals surface area contributed by atoms with Gasteiger partial charge in [-0.2, -0.15) is 0 Å². The van der Waals surface area contributed by atoms with Crippen molar-refractivity contribution in [1.82, 2.24) is 15.0 Å². The maximum atomic E-state index is 6.05. The van der Waals surface area contributed by atoms with Crippen molar-refractivity contribution in [2.45, 2.75) is 6.61 Å². The summed E-state index contributed by atoms with van der Waals surface area (Å²) < 4.78 is 5.09. The third kappa shape index (κ3) is 2.48. The van der Waals surface area contributed by atoms with Crippen molar-refractivity contribution >= 4 is 22.4 Å². The number of benzene rings is 1. The molecule has 0 fully saturated rings. The van der Waals surface area contributed by atoms with Gasteiger partial charge in [-0.15, -0.1) is 0 Å². The maximum Gasteiger partial charge on any atom is 0.180 e. The van der Waals surface area contributed by atoms with Crippen LogP contribution in [0.15, 0.2) is 42.6 Å². The van der Waals surface area contributed by atoms with E-state index >= 15 is 0 Å². The highest BCUT2D eigenvalue weighted by Crippen LogP contribution is 2.25. The second-order valence-corrected chi connectivity index (χ2v) is 4.71. The SMILES string of the molecule is COCc1cc(Cl)nc(-c2nccc3ccccc23)n1. The van der Waals surface area contributed by atoms with Crippen molar-refractivity contribution in [3.05, 3.63) is 53.4 Å². The van der Waals surface area contributed by atoms with Gasteiger partial charge in [-0.05, 0) is 17.5 Å². The highest BCUT2D eigenvalue weighted by molar-refractivity contribution is 6.29. The predicted octanol–water partition coefficient (Wildman–Crippen LogP) is 3.49. The summed E-state index contributed by atoms with van der Waals surface area (Å²) in [5.41, 5.74) is 1.46. The first-order valence-electron chi connectivity index (χ1n) is 6.14. The van der Waals surface area contributed by atoms with E-state index in [0.29, 0.717) is 17.6 Å². The third-order valence-corrected chi connectivity index (χ3v) is 3.12. The Morgan fingerprint density at radius 1 is 1.15 bits per heavy atom. The molecule has 3 aromatic rings. The zero-order valence-electron chi connectivity index (χ0n) is 10.9. The standard InChI is InChI=1S/C15H12ClN3O/c1-20-9-11-8-13(16)19-15(18-11)14-12-5-3-2-4-10(12)6-7-17-14/h2-8H,9H2,1H3. The minimum atomic E-state index is 0.386. The summed E-state index contributed by atoms with van der Waals surface area (Å²) in [4.78, 5) is 13.1. The Bertz CT molecular complexity index is 756. The van der Waals surface area contributed by atoms with E-state index in [1.165, 1.54) is 0 Å². The van der Waals surface area contributed by atoms with Gasteiger partial charge in [0, 0.05) is 18.7 Å². The van der Waals surface area contributed by atoms with Crippen molar-refractivity contribution in [3.8, 4) is 11.5 Å². The molecule has 0 saturated heterocycles. The van der Waals surface area contributed by atoms with Crippen LogP contribution in [0, 0.1) is 0 Å². The molecule has 3 rings (SSSR count). The van der Waals surface area contributed by atoms with E-state index in [1.54, 1.807) is 19.4 Å². The molecule has 2 heterocycles. The molecule has 100 valence electrons. The molecule has 0 aliphatic rings. The average molecular weight is 286 g/mol. The van der Waals surface area contributed by atoms with Crippen LogP contribution in [-0.2, 0) is 11.3 Å². The van der Waals surface area contributed by atoms with E-state index in [1.807, 2.05) is 30.3 Å². The van der Waals surface area contributed by atoms with Crippen LogP contribution in [0.5, 0.6) is 0 Å². The Hall–Kier alpha value is -2.04. The van der Waals surface area contributed by atoms with E-state index in [0.717, 1.165) is 22.2 Å². The lowest BCUT2D eigenvalue weighted by Crippen LogP contribution is -1.99. The molecule has 20 heavy (non-hydrogen) atoms. The smallest absolute Gasteiger partial charge is 0.180 e. The Morgan fingerprint density at radius 3 is 2.85 bits per heavy atom. The number of nitrogens with zero attached hydrogens (tertiary/aromatic N) is 3. The van der Waals surface area contributed by atoms with Gasteiger partial charge < -0.3 is 4.74 Å². The first-order valence-corrected chi connectivity index (χ1v) is 6.52. The number of methoxy groups -OCH3 is 1. The summed E-state index contributed by atoms with van der Waals surface area (Å²) in [5.74, 6) is 0.515. The van der Waals surface area contributed by atoms with Crippen molar-refractivity contribution in [2.75, 3.05) is 7.11 Å². The largest absolute Gasteiger partial charge is 0.378 e. The zero-order valence-corrected chi connectivity index (χ0v) is 11.6. The van der Waals surface area contributed by atoms with Crippen LogP contribution in [0.1, 0.15) is 5.69 Å². The molecule has 0 spiro atoms. The first kappa shape index (κ1) is 13.0. The van der Waals surface area contributed by atoms with Crippen molar-refractivity contribution in [3.63, 3.8) is 0 Å². The van der Waals surface area contributed by atoms with Crippen molar-refractivity contribution in [1.29, 1.82) is 0 Å². The molecule has 0 atom stereocenters. The highest BCUT2D eigenvalue weighted by Gasteiger charge is 2.10. The quantitative estimate of drug-likeness (QED) is 0.691. The van der Waals surface area contributed by atoms with Gasteiger partial charge in [-0.3, -0.25) is 4.98 Å². The van der Waals surface area contributed by atoms with Crippen LogP contribution in [0.3, 0.4) is 0 Å². The van der Waals surface area contributed by atoms with Gasteiger partial charge in [0.05, 0.1) is 12.3 Å². The Morgan fingerprint density at radius 2 is 2.00 bits per heavy atom. The number of hydrogen-bond acceptors (Lipinski definition) is 4. The number of rotatable bonds is 3. The number of pyridine rings is 1. The van der Waals surface area contributed by atoms with Gasteiger partial charge in [0.2, 0.25) is 0 Å². The summed E-state index contributed by atoms with van der Waals surface area (Å²) in [7, 11) is 1.62. The molecule has 5 heteroatoms. The molecule has 0 unspecified atom stereocenters. The van der Waals surface area contributed by atoms with Crippen molar-refractivity contribution in [2.24, 2.45) is 0 Å². The van der Waals surface area contributed by atoms with E-state index in [4.69, 9.17) is 16.3 Å². The lowest BCUT2D eigenvalue weighted by atomic mass is 10.1. The lowest BCUT2D eigenvalue weighted by Gasteiger charge is -2.06. The van der Waals surface area contributed by atoms with E-state index < -0.39 is 0 Å². The summed E-state index contributed by atoms with van der Waals surface area (Å²) in [5, 5.41) is 2.48. The van der Waals surface area contributed by atoms with Crippen LogP contribution < -0.4 is 0 Å². The van der Waals surface area contributed by atoms with Crippen LogP contribution in [0.25, 0.3) is 22.3 Å². The average Bonchev–Trinajstić information content (AvgIpc) is 2.46. The van der Waals surface area contributed by atoms with Gasteiger partial charge in [-0.25, -0.2) is 9.97 Å². The number of hydrogen-bond donors (Lipinski definition) is 0. The van der Waals surface area contributed by atoms with Gasteiger partial charge in [0.1, 0.15) is 10.8 Å². The molecule has 0 saturated carbocycles. The van der Waals surface area contributed by atoms with Crippen LogP contribution in [0.2, 0.25) is 5.15 Å². The van der Waals surface area contributed by atoms with Crippen LogP contribution >= 0.6 is 11.6 Å². The summed E-state index contributed by atoms with van der Waals surface area (Å²) in [6, 6.07) is 11.6. The first-order chi connectivity index (χ1) is 9.78. The zero-order chi connectivity index (χ0) is 13.9. The number of halogens is 1. The Labute approximate surface area is 121 Å². The topological polar surface area (TPSA) is 47.9 Å². The minimum Gasteiger partial charge on any atom is -0.378 e. The van der Waals surface area contributed by atoms with E-state index in [9.17, 15) is 0 Å². The van der Waals surface area contributed by atoms with Crippen molar-refractivity contribution < 1.29 is 4.74 Å². The number of aromatic nitrogens is 3. The molecular weight excluding hydrogens is 274 g/mol. The Balaban J connectivity index is 2.20. The predicted molar refractivity (Wildman–Crippen MR) is 78.5 cm³/mol. The van der Waals surface area contributed by atoms with Crippen LogP contribution in [0.4, 0.5) is 0 Å². The monoisotopic (exact) mass is 285 g/mol. The third-order valence-electron chi connectivity index (χ3n) is 2.93. The van der Waals surface area contributed by atoms with Gasteiger partial charge in [0.15, 0.2) is 5.82 Å². The molecule has 0 aliphatic carbocycles. The van der Waals surface area contributed by atoms with E-state index in [-0.39, 0.29) is 0 Å². The molecule has 1 aromatic carbocycles. The molecule has 0 bridgehead atoms. The molecule has 0 radical (unpaired) electrons. The van der Waals surface area contributed by atoms with Gasteiger partial charge in [0.25, 0.3) is 0 Å². The molecular formula is C15H12ClN3O. The fourth-order valence-electron chi connectivity index (χ4n) is 2.09. The van der Waals surface area contributed by atoms with E-state index in [2.05, 4.69) is 15.0 Å². The molecule has 0 amide bonds. The minimum absolute atomic E-state index is 0.386. The normalized spacial score (nSPS) is 10.9. The number of ether oxygens (including phenoxy) is 1. The molecule has 4 nitrogen and oxygen atoms in total.